The van der Waals surface area contributed by atoms with E-state index in [1.54, 1.807) is 6.92 Å². The van der Waals surface area contributed by atoms with Gasteiger partial charge in [0.25, 0.3) is 6.43 Å². The standard InChI is InChI=1S/C5H4F2N2/c1-3-2-8-5(9-3)4(6)7/h4H,1H3. The Hall–Kier alpha value is -0.930. The van der Waals surface area contributed by atoms with Gasteiger partial charge in [-0.25, -0.2) is 19.1 Å². The topological polar surface area (TPSA) is 26.5 Å². The Balaban J connectivity index is 2.60. The second-order valence-electron chi connectivity index (χ2n) is 1.58. The maximum Gasteiger partial charge on any atom is 0.297 e. The third-order valence-electron chi connectivity index (χ3n) is 0.810. The molecule has 0 atom stereocenters. The highest BCUT2D eigenvalue weighted by Crippen LogP contribution is 2.06. The number of alkyl halides is 2. The Morgan fingerprint density at radius 2 is 2.22 bits per heavy atom. The molecule has 2 nitrogen and oxygen atoms in total. The minimum absolute atomic E-state index is 0.408. The van der Waals surface area contributed by atoms with E-state index < -0.39 is 12.3 Å². The Labute approximate surface area is 51.3 Å². The van der Waals surface area contributed by atoms with E-state index in [4.69, 9.17) is 0 Å². The monoisotopic (exact) mass is 130 g/mol. The zero-order valence-electron chi connectivity index (χ0n) is 4.73. The molecule has 0 spiro atoms. The average molecular weight is 130 g/mol. The second-order valence-corrected chi connectivity index (χ2v) is 1.58. The lowest BCUT2D eigenvalue weighted by atomic mass is 10.6. The zero-order chi connectivity index (χ0) is 6.85. The Morgan fingerprint density at radius 3 is 2.44 bits per heavy atom. The highest BCUT2D eigenvalue weighted by atomic mass is 19.3. The first-order chi connectivity index (χ1) is 4.20. The van der Waals surface area contributed by atoms with Crippen LogP contribution in [-0.4, -0.2) is 12.3 Å². The first-order valence-electron chi connectivity index (χ1n) is 2.37. The van der Waals surface area contributed by atoms with Crippen LogP contribution in [0.25, 0.3) is 0 Å². The smallest absolute Gasteiger partial charge is 0.230 e. The van der Waals surface area contributed by atoms with E-state index in [1.165, 1.54) is 0 Å². The van der Waals surface area contributed by atoms with Crippen LogP contribution in [0.2, 0.25) is 0 Å². The van der Waals surface area contributed by atoms with Crippen molar-refractivity contribution in [2.45, 2.75) is 13.3 Å². The van der Waals surface area contributed by atoms with E-state index in [2.05, 4.69) is 16.5 Å². The van der Waals surface area contributed by atoms with Crippen molar-refractivity contribution in [1.82, 2.24) is 5.32 Å². The highest BCUT2D eigenvalue weighted by molar-refractivity contribution is 5.87. The quantitative estimate of drug-likeness (QED) is 0.505. The first kappa shape index (κ1) is 6.19. The van der Waals surface area contributed by atoms with Gasteiger partial charge >= 0.3 is 0 Å². The number of hydrogen-bond donors (Lipinski definition) is 0. The summed E-state index contributed by atoms with van der Waals surface area (Å²) in [6, 6.07) is 0. The summed E-state index contributed by atoms with van der Waals surface area (Å²) in [5.41, 5.74) is 0.408. The van der Waals surface area contributed by atoms with Crippen LogP contribution >= 0.6 is 0 Å². The molecule has 0 aromatic carbocycles. The van der Waals surface area contributed by atoms with Gasteiger partial charge in [-0.15, -0.1) is 0 Å². The molecule has 48 valence electrons. The van der Waals surface area contributed by atoms with Gasteiger partial charge < -0.3 is 0 Å². The predicted octanol–water partition coefficient (Wildman–Crippen LogP) is 0.932. The van der Waals surface area contributed by atoms with E-state index in [9.17, 15) is 8.78 Å². The fourth-order valence-electron chi connectivity index (χ4n) is 0.458. The van der Waals surface area contributed by atoms with Crippen molar-refractivity contribution in [1.29, 1.82) is 0 Å². The number of amidine groups is 1. The molecule has 0 bridgehead atoms. The van der Waals surface area contributed by atoms with Crippen molar-refractivity contribution in [2.24, 2.45) is 4.99 Å². The molecule has 0 aromatic heterocycles. The lowest BCUT2D eigenvalue weighted by Crippen LogP contribution is -2.16. The predicted molar refractivity (Wildman–Crippen MR) is 28.0 cm³/mol. The van der Waals surface area contributed by atoms with Gasteiger partial charge in [0.05, 0.1) is 5.70 Å². The number of nitrogens with zero attached hydrogens (tertiary/aromatic N) is 2. The molecule has 0 saturated carbocycles. The van der Waals surface area contributed by atoms with Crippen LogP contribution in [0.3, 0.4) is 0 Å². The Bertz CT molecular complexity index is 172. The molecule has 0 aliphatic carbocycles. The Morgan fingerprint density at radius 1 is 1.56 bits per heavy atom. The van der Waals surface area contributed by atoms with E-state index in [0.717, 1.165) is 0 Å². The van der Waals surface area contributed by atoms with E-state index >= 15 is 0 Å². The highest BCUT2D eigenvalue weighted by Gasteiger charge is 2.17. The number of rotatable bonds is 1. The van der Waals surface area contributed by atoms with Crippen LogP contribution in [0.5, 0.6) is 0 Å². The average Bonchev–Trinajstić information content (AvgIpc) is 2.14. The minimum Gasteiger partial charge on any atom is -0.230 e. The van der Waals surface area contributed by atoms with Crippen LogP contribution in [-0.2, 0) is 0 Å². The van der Waals surface area contributed by atoms with Gasteiger partial charge in [0.2, 0.25) is 0 Å². The number of aliphatic imine (C=N–C) groups is 1. The van der Waals surface area contributed by atoms with Crippen LogP contribution in [0, 0.1) is 6.20 Å². The summed E-state index contributed by atoms with van der Waals surface area (Å²) in [7, 11) is 0. The van der Waals surface area contributed by atoms with Crippen molar-refractivity contribution < 1.29 is 8.78 Å². The van der Waals surface area contributed by atoms with Crippen LogP contribution < -0.4 is 5.32 Å². The molecule has 1 rings (SSSR count). The van der Waals surface area contributed by atoms with Crippen LogP contribution in [0.15, 0.2) is 10.7 Å². The van der Waals surface area contributed by atoms with Gasteiger partial charge in [-0.05, 0) is 6.92 Å². The van der Waals surface area contributed by atoms with E-state index in [1.807, 2.05) is 0 Å². The maximum atomic E-state index is 11.6. The van der Waals surface area contributed by atoms with Gasteiger partial charge in [0.1, 0.15) is 6.20 Å². The van der Waals surface area contributed by atoms with Gasteiger partial charge in [-0.1, -0.05) is 0 Å². The van der Waals surface area contributed by atoms with Gasteiger partial charge in [-0.2, -0.15) is 0 Å². The normalized spacial score (nSPS) is 17.3. The molecule has 1 aliphatic heterocycles. The second kappa shape index (κ2) is 2.13. The largest absolute Gasteiger partial charge is 0.297 e. The van der Waals surface area contributed by atoms with Crippen LogP contribution in [0.4, 0.5) is 8.78 Å². The fourth-order valence-corrected chi connectivity index (χ4v) is 0.458. The van der Waals surface area contributed by atoms with Crippen molar-refractivity contribution in [3.8, 4) is 0 Å². The molecular formula is C5H4F2N2. The molecule has 0 unspecified atom stereocenters. The summed E-state index contributed by atoms with van der Waals surface area (Å²) in [4.78, 5) is 3.39. The fraction of sp³-hybridized carbons (Fsp3) is 0.400. The summed E-state index contributed by atoms with van der Waals surface area (Å²) < 4.78 is 23.3. The first-order valence-corrected chi connectivity index (χ1v) is 2.37. The lowest BCUT2D eigenvalue weighted by Gasteiger charge is -1.92. The summed E-state index contributed by atoms with van der Waals surface area (Å²) in [5.74, 6) is -0.437. The summed E-state index contributed by atoms with van der Waals surface area (Å²) in [5, 5.41) is 3.23. The molecule has 1 aliphatic rings. The molecule has 0 saturated heterocycles. The third kappa shape index (κ3) is 1.25. The molecule has 0 aromatic rings. The minimum atomic E-state index is -2.57. The molecule has 4 heteroatoms. The summed E-state index contributed by atoms with van der Waals surface area (Å²) >= 11 is 0. The van der Waals surface area contributed by atoms with E-state index in [-0.39, 0.29) is 0 Å². The molecule has 1 heterocycles. The molecule has 9 heavy (non-hydrogen) atoms. The van der Waals surface area contributed by atoms with Gasteiger partial charge in [0, 0.05) is 0 Å². The Kier molecular flexibility index (Phi) is 1.46. The van der Waals surface area contributed by atoms with Gasteiger partial charge in [-0.3, -0.25) is 0 Å². The molecule has 0 fully saturated rings. The number of halogens is 2. The third-order valence-corrected chi connectivity index (χ3v) is 0.810. The van der Waals surface area contributed by atoms with Crippen molar-refractivity contribution in [3.05, 3.63) is 11.9 Å². The summed E-state index contributed by atoms with van der Waals surface area (Å²) in [6.45, 7) is 1.57. The van der Waals surface area contributed by atoms with Crippen molar-refractivity contribution in [2.75, 3.05) is 0 Å². The van der Waals surface area contributed by atoms with Gasteiger partial charge in [0.15, 0.2) is 5.84 Å². The maximum absolute atomic E-state index is 11.6. The molecular weight excluding hydrogens is 126 g/mol. The molecule has 0 N–H and O–H groups in total. The molecule has 0 amide bonds. The zero-order valence-corrected chi connectivity index (χ0v) is 4.73. The number of hydrogen-bond acceptors (Lipinski definition) is 1. The molecule has 2 radical (unpaired) electrons. The van der Waals surface area contributed by atoms with E-state index in [0.29, 0.717) is 5.70 Å². The van der Waals surface area contributed by atoms with Crippen molar-refractivity contribution >= 4 is 5.84 Å². The van der Waals surface area contributed by atoms with Crippen LogP contribution in [0.1, 0.15) is 6.92 Å². The number of allylic oxidation sites excluding steroid dienone is 1. The van der Waals surface area contributed by atoms with Crippen molar-refractivity contribution in [3.63, 3.8) is 0 Å². The summed E-state index contributed by atoms with van der Waals surface area (Å²) in [6.07, 6.45) is -0.265. The lowest BCUT2D eigenvalue weighted by molar-refractivity contribution is 0.222. The SMILES string of the molecule is CC1=[C][N]C(C(F)F)=N1.